The van der Waals surface area contributed by atoms with Crippen LogP contribution in [0.1, 0.15) is 27.5 Å². The SMILES string of the molecule is COCc1c(C(=O)NCc2ccnc(-n3ccnc3C)c2)oc2ccccc12. The number of benzene rings is 1. The summed E-state index contributed by atoms with van der Waals surface area (Å²) >= 11 is 0. The lowest BCUT2D eigenvalue weighted by Crippen LogP contribution is -2.23. The quantitative estimate of drug-likeness (QED) is 0.558. The molecule has 0 bridgehead atoms. The monoisotopic (exact) mass is 376 g/mol. The second-order valence-corrected chi connectivity index (χ2v) is 6.39. The van der Waals surface area contributed by atoms with Gasteiger partial charge in [0.15, 0.2) is 5.76 Å². The molecule has 1 amide bonds. The minimum Gasteiger partial charge on any atom is -0.451 e. The number of para-hydroxylation sites is 1. The van der Waals surface area contributed by atoms with E-state index in [1.54, 1.807) is 19.5 Å². The van der Waals surface area contributed by atoms with E-state index in [2.05, 4.69) is 15.3 Å². The van der Waals surface area contributed by atoms with Crippen molar-refractivity contribution in [1.29, 1.82) is 0 Å². The van der Waals surface area contributed by atoms with Crippen molar-refractivity contribution in [2.75, 3.05) is 7.11 Å². The molecule has 0 radical (unpaired) electrons. The van der Waals surface area contributed by atoms with Crippen LogP contribution < -0.4 is 5.32 Å². The van der Waals surface area contributed by atoms with Crippen LogP contribution in [-0.2, 0) is 17.9 Å². The number of ether oxygens (including phenoxy) is 1. The normalized spacial score (nSPS) is 11.1. The third kappa shape index (κ3) is 3.39. The molecule has 4 rings (SSSR count). The van der Waals surface area contributed by atoms with Gasteiger partial charge in [-0.1, -0.05) is 18.2 Å². The lowest BCUT2D eigenvalue weighted by Gasteiger charge is -2.08. The largest absolute Gasteiger partial charge is 0.451 e. The number of nitrogens with one attached hydrogen (secondary N) is 1. The fourth-order valence-electron chi connectivity index (χ4n) is 3.15. The molecule has 0 saturated heterocycles. The number of carbonyl (C=O) groups is 1. The van der Waals surface area contributed by atoms with E-state index in [-0.39, 0.29) is 11.7 Å². The van der Waals surface area contributed by atoms with Gasteiger partial charge in [0.2, 0.25) is 0 Å². The second-order valence-electron chi connectivity index (χ2n) is 6.39. The Morgan fingerprint density at radius 2 is 2.07 bits per heavy atom. The van der Waals surface area contributed by atoms with Gasteiger partial charge in [0, 0.05) is 43.2 Å². The van der Waals surface area contributed by atoms with Crippen molar-refractivity contribution in [2.24, 2.45) is 0 Å². The first kappa shape index (κ1) is 17.9. The third-order valence-corrected chi connectivity index (χ3v) is 4.53. The predicted octanol–water partition coefficient (Wildman–Crippen LogP) is 3.40. The highest BCUT2D eigenvalue weighted by Crippen LogP contribution is 2.26. The fourth-order valence-corrected chi connectivity index (χ4v) is 3.15. The number of rotatable bonds is 6. The smallest absolute Gasteiger partial charge is 0.287 e. The second kappa shape index (κ2) is 7.66. The zero-order chi connectivity index (χ0) is 19.5. The number of amides is 1. The molecule has 0 aliphatic rings. The van der Waals surface area contributed by atoms with Crippen LogP contribution in [0.4, 0.5) is 0 Å². The van der Waals surface area contributed by atoms with Gasteiger partial charge < -0.3 is 14.5 Å². The number of imidazole rings is 1. The summed E-state index contributed by atoms with van der Waals surface area (Å²) in [4.78, 5) is 21.3. The van der Waals surface area contributed by atoms with Crippen LogP contribution in [0.3, 0.4) is 0 Å². The van der Waals surface area contributed by atoms with E-state index in [0.717, 1.165) is 28.2 Å². The molecule has 1 N–H and O–H groups in total. The minimum absolute atomic E-state index is 0.277. The highest BCUT2D eigenvalue weighted by atomic mass is 16.5. The van der Waals surface area contributed by atoms with Crippen molar-refractivity contribution in [3.8, 4) is 5.82 Å². The van der Waals surface area contributed by atoms with Crippen molar-refractivity contribution in [2.45, 2.75) is 20.1 Å². The Kier molecular flexibility index (Phi) is 4.90. The highest BCUT2D eigenvalue weighted by molar-refractivity contribution is 5.99. The van der Waals surface area contributed by atoms with Crippen molar-refractivity contribution < 1.29 is 13.9 Å². The topological polar surface area (TPSA) is 82.2 Å². The number of aromatic nitrogens is 3. The molecule has 28 heavy (non-hydrogen) atoms. The number of fused-ring (bicyclic) bond motifs is 1. The van der Waals surface area contributed by atoms with Gasteiger partial charge in [-0.2, -0.15) is 0 Å². The summed E-state index contributed by atoms with van der Waals surface area (Å²) < 4.78 is 12.9. The summed E-state index contributed by atoms with van der Waals surface area (Å²) in [6.45, 7) is 2.57. The van der Waals surface area contributed by atoms with Gasteiger partial charge in [-0.3, -0.25) is 9.36 Å². The summed E-state index contributed by atoms with van der Waals surface area (Å²) in [5.74, 6) is 1.61. The zero-order valence-electron chi connectivity index (χ0n) is 15.7. The molecule has 0 unspecified atom stereocenters. The summed E-state index contributed by atoms with van der Waals surface area (Å²) in [5, 5.41) is 3.81. The molecule has 3 heterocycles. The molecule has 0 spiro atoms. The number of carbonyl (C=O) groups excluding carboxylic acids is 1. The zero-order valence-corrected chi connectivity index (χ0v) is 15.7. The Hall–Kier alpha value is -3.45. The summed E-state index contributed by atoms with van der Waals surface area (Å²) in [6, 6.07) is 11.3. The van der Waals surface area contributed by atoms with Gasteiger partial charge in [0.1, 0.15) is 17.2 Å². The van der Waals surface area contributed by atoms with Gasteiger partial charge in [-0.05, 0) is 30.7 Å². The number of nitrogens with zero attached hydrogens (tertiary/aromatic N) is 3. The van der Waals surface area contributed by atoms with Crippen LogP contribution in [-0.4, -0.2) is 27.6 Å². The lowest BCUT2D eigenvalue weighted by molar-refractivity contribution is 0.0918. The van der Waals surface area contributed by atoms with Gasteiger partial charge in [-0.25, -0.2) is 9.97 Å². The Balaban J connectivity index is 1.55. The molecule has 0 fully saturated rings. The van der Waals surface area contributed by atoms with E-state index < -0.39 is 0 Å². The number of pyridine rings is 1. The van der Waals surface area contributed by atoms with E-state index in [1.807, 2.05) is 54.1 Å². The molecule has 0 aliphatic heterocycles. The Morgan fingerprint density at radius 3 is 2.86 bits per heavy atom. The summed E-state index contributed by atoms with van der Waals surface area (Å²) in [6.07, 6.45) is 5.30. The number of furan rings is 1. The van der Waals surface area contributed by atoms with Gasteiger partial charge >= 0.3 is 0 Å². The first-order valence-electron chi connectivity index (χ1n) is 8.90. The summed E-state index contributed by atoms with van der Waals surface area (Å²) in [5.41, 5.74) is 2.34. The molecular weight excluding hydrogens is 356 g/mol. The fraction of sp³-hybridized carbons (Fsp3) is 0.190. The number of aryl methyl sites for hydroxylation is 1. The molecule has 4 aromatic rings. The van der Waals surface area contributed by atoms with Gasteiger partial charge in [-0.15, -0.1) is 0 Å². The van der Waals surface area contributed by atoms with E-state index in [9.17, 15) is 4.79 Å². The van der Waals surface area contributed by atoms with Crippen LogP contribution in [0, 0.1) is 6.92 Å². The maximum Gasteiger partial charge on any atom is 0.287 e. The summed E-state index contributed by atoms with van der Waals surface area (Å²) in [7, 11) is 1.60. The third-order valence-electron chi connectivity index (χ3n) is 4.53. The minimum atomic E-state index is -0.277. The average molecular weight is 376 g/mol. The van der Waals surface area contributed by atoms with E-state index >= 15 is 0 Å². The van der Waals surface area contributed by atoms with Crippen molar-refractivity contribution in [1.82, 2.24) is 19.9 Å². The van der Waals surface area contributed by atoms with Crippen molar-refractivity contribution in [3.05, 3.63) is 77.7 Å². The first-order chi connectivity index (χ1) is 13.7. The number of hydrogen-bond acceptors (Lipinski definition) is 5. The van der Waals surface area contributed by atoms with Crippen LogP contribution in [0.25, 0.3) is 16.8 Å². The van der Waals surface area contributed by atoms with E-state index in [0.29, 0.717) is 18.7 Å². The first-order valence-corrected chi connectivity index (χ1v) is 8.90. The molecule has 7 heteroatoms. The van der Waals surface area contributed by atoms with E-state index in [4.69, 9.17) is 9.15 Å². The van der Waals surface area contributed by atoms with Gasteiger partial charge in [0.25, 0.3) is 5.91 Å². The number of methoxy groups -OCH3 is 1. The van der Waals surface area contributed by atoms with Crippen LogP contribution in [0.5, 0.6) is 0 Å². The molecule has 1 aromatic carbocycles. The van der Waals surface area contributed by atoms with E-state index in [1.165, 1.54) is 0 Å². The maximum atomic E-state index is 12.8. The van der Waals surface area contributed by atoms with Crippen LogP contribution in [0.15, 0.2) is 59.4 Å². The Labute approximate surface area is 162 Å². The van der Waals surface area contributed by atoms with Crippen molar-refractivity contribution >= 4 is 16.9 Å². The van der Waals surface area contributed by atoms with Gasteiger partial charge in [0.05, 0.1) is 6.61 Å². The molecule has 0 aliphatic carbocycles. The maximum absolute atomic E-state index is 12.8. The van der Waals surface area contributed by atoms with Crippen LogP contribution >= 0.6 is 0 Å². The molecule has 0 saturated carbocycles. The average Bonchev–Trinajstić information content (AvgIpc) is 3.31. The molecular formula is C21H20N4O3. The highest BCUT2D eigenvalue weighted by Gasteiger charge is 2.20. The molecule has 3 aromatic heterocycles. The number of hydrogen-bond donors (Lipinski definition) is 1. The molecule has 0 atom stereocenters. The Morgan fingerprint density at radius 1 is 1.21 bits per heavy atom. The Bertz CT molecular complexity index is 1130. The molecule has 7 nitrogen and oxygen atoms in total. The predicted molar refractivity (Wildman–Crippen MR) is 104 cm³/mol. The lowest BCUT2D eigenvalue weighted by atomic mass is 10.1. The molecule has 142 valence electrons. The van der Waals surface area contributed by atoms with Crippen LogP contribution in [0.2, 0.25) is 0 Å². The van der Waals surface area contributed by atoms with Crippen molar-refractivity contribution in [3.63, 3.8) is 0 Å². The standard InChI is InChI=1S/C21H20N4O3/c1-14-22-9-10-25(14)19-11-15(7-8-23-19)12-24-21(26)20-17(13-27-2)16-5-3-4-6-18(16)28-20/h3-11H,12-13H2,1-2H3,(H,24,26).